The number of aromatic nitrogens is 1. The molecule has 21 heavy (non-hydrogen) atoms. The van der Waals surface area contributed by atoms with E-state index in [-0.39, 0.29) is 5.56 Å². The van der Waals surface area contributed by atoms with E-state index >= 15 is 0 Å². The van der Waals surface area contributed by atoms with Gasteiger partial charge in [0.25, 0.3) is 0 Å². The maximum atomic E-state index is 10.9. The Hall–Kier alpha value is -1.92. The van der Waals surface area contributed by atoms with Crippen LogP contribution in [0, 0.1) is 6.92 Å². The molecule has 0 aliphatic heterocycles. The van der Waals surface area contributed by atoms with Gasteiger partial charge < -0.3 is 9.84 Å². The van der Waals surface area contributed by atoms with E-state index < -0.39 is 5.97 Å². The standard InChI is InChI=1S/C15H18N2O3S/c1-11-16-13(10-21-11)9-17(2)6-7-20-14-5-3-4-12(8-14)15(18)19/h3-5,8,10H,6-7,9H2,1-2H3,(H,18,19). The van der Waals surface area contributed by atoms with Gasteiger partial charge in [-0.3, -0.25) is 4.90 Å². The average Bonchev–Trinajstić information content (AvgIpc) is 2.84. The molecule has 1 aromatic heterocycles. The molecule has 0 saturated carbocycles. The number of carboxylic acid groups (broad SMARTS) is 1. The third kappa shape index (κ3) is 4.84. The highest BCUT2D eigenvalue weighted by molar-refractivity contribution is 7.09. The Morgan fingerprint density at radius 1 is 1.48 bits per heavy atom. The van der Waals surface area contributed by atoms with Gasteiger partial charge in [-0.1, -0.05) is 6.07 Å². The van der Waals surface area contributed by atoms with Gasteiger partial charge in [0.05, 0.1) is 16.3 Å². The molecule has 112 valence electrons. The molecule has 0 atom stereocenters. The van der Waals surface area contributed by atoms with Crippen molar-refractivity contribution in [2.75, 3.05) is 20.2 Å². The average molecular weight is 306 g/mol. The van der Waals surface area contributed by atoms with Crippen molar-refractivity contribution in [2.24, 2.45) is 0 Å². The zero-order chi connectivity index (χ0) is 15.2. The fourth-order valence-corrected chi connectivity index (χ4v) is 2.48. The fourth-order valence-electron chi connectivity index (χ4n) is 1.87. The Bertz CT molecular complexity index is 612. The van der Waals surface area contributed by atoms with Crippen molar-refractivity contribution in [1.82, 2.24) is 9.88 Å². The van der Waals surface area contributed by atoms with Gasteiger partial charge in [0, 0.05) is 18.5 Å². The molecular formula is C15H18N2O3S. The number of hydrogen-bond donors (Lipinski definition) is 1. The monoisotopic (exact) mass is 306 g/mol. The third-order valence-corrected chi connectivity index (χ3v) is 3.74. The van der Waals surface area contributed by atoms with Crippen LogP contribution in [0.15, 0.2) is 29.6 Å². The summed E-state index contributed by atoms with van der Waals surface area (Å²) in [6.45, 7) is 4.02. The molecule has 5 nitrogen and oxygen atoms in total. The van der Waals surface area contributed by atoms with Gasteiger partial charge in [0.1, 0.15) is 12.4 Å². The number of benzene rings is 1. The summed E-state index contributed by atoms with van der Waals surface area (Å²) in [5, 5.41) is 12.0. The zero-order valence-corrected chi connectivity index (χ0v) is 12.9. The maximum Gasteiger partial charge on any atom is 0.335 e. The van der Waals surface area contributed by atoms with E-state index in [0.29, 0.717) is 12.4 Å². The van der Waals surface area contributed by atoms with E-state index in [2.05, 4.69) is 15.3 Å². The molecule has 6 heteroatoms. The van der Waals surface area contributed by atoms with Crippen molar-refractivity contribution in [3.05, 3.63) is 45.9 Å². The number of aromatic carboxylic acids is 1. The highest BCUT2D eigenvalue weighted by atomic mass is 32.1. The van der Waals surface area contributed by atoms with Crippen molar-refractivity contribution >= 4 is 17.3 Å². The quantitative estimate of drug-likeness (QED) is 0.852. The normalized spacial score (nSPS) is 10.8. The lowest BCUT2D eigenvalue weighted by atomic mass is 10.2. The lowest BCUT2D eigenvalue weighted by Gasteiger charge is -2.15. The molecule has 0 saturated heterocycles. The number of hydrogen-bond acceptors (Lipinski definition) is 5. The van der Waals surface area contributed by atoms with Gasteiger partial charge in [-0.05, 0) is 32.2 Å². The molecule has 2 rings (SSSR count). The summed E-state index contributed by atoms with van der Waals surface area (Å²) in [4.78, 5) is 17.4. The zero-order valence-electron chi connectivity index (χ0n) is 12.1. The molecule has 1 N–H and O–H groups in total. The number of ether oxygens (including phenoxy) is 1. The topological polar surface area (TPSA) is 62.7 Å². The van der Waals surface area contributed by atoms with Gasteiger partial charge in [0.2, 0.25) is 0 Å². The van der Waals surface area contributed by atoms with E-state index in [1.165, 1.54) is 6.07 Å². The SMILES string of the molecule is Cc1nc(CN(C)CCOc2cccc(C(=O)O)c2)cs1. The van der Waals surface area contributed by atoms with Crippen LogP contribution in [0.3, 0.4) is 0 Å². The van der Waals surface area contributed by atoms with Crippen LogP contribution in [0.25, 0.3) is 0 Å². The highest BCUT2D eigenvalue weighted by Gasteiger charge is 2.06. The summed E-state index contributed by atoms with van der Waals surface area (Å²) in [5.41, 5.74) is 1.30. The number of rotatable bonds is 7. The smallest absolute Gasteiger partial charge is 0.335 e. The van der Waals surface area contributed by atoms with Crippen molar-refractivity contribution in [3.8, 4) is 5.75 Å². The Labute approximate surface area is 127 Å². The molecule has 0 spiro atoms. The molecule has 0 bridgehead atoms. The van der Waals surface area contributed by atoms with Crippen LogP contribution in [0.2, 0.25) is 0 Å². The van der Waals surface area contributed by atoms with Gasteiger partial charge in [0.15, 0.2) is 0 Å². The van der Waals surface area contributed by atoms with Crippen LogP contribution in [0.4, 0.5) is 0 Å². The second-order valence-electron chi connectivity index (χ2n) is 4.78. The predicted octanol–water partition coefficient (Wildman–Crippen LogP) is 2.66. The van der Waals surface area contributed by atoms with Crippen LogP contribution in [0.5, 0.6) is 5.75 Å². The van der Waals surface area contributed by atoms with Crippen LogP contribution >= 0.6 is 11.3 Å². The van der Waals surface area contributed by atoms with Crippen molar-refractivity contribution < 1.29 is 14.6 Å². The summed E-state index contributed by atoms with van der Waals surface area (Å²) >= 11 is 1.65. The molecule has 0 fully saturated rings. The molecule has 0 unspecified atom stereocenters. The molecule has 2 aromatic rings. The number of carboxylic acids is 1. The van der Waals surface area contributed by atoms with E-state index in [0.717, 1.165) is 23.8 Å². The Kier molecular flexibility index (Phi) is 5.30. The lowest BCUT2D eigenvalue weighted by Crippen LogP contribution is -2.24. The van der Waals surface area contributed by atoms with Gasteiger partial charge in [-0.15, -0.1) is 11.3 Å². The summed E-state index contributed by atoms with van der Waals surface area (Å²) in [6.07, 6.45) is 0. The van der Waals surface area contributed by atoms with Crippen molar-refractivity contribution in [3.63, 3.8) is 0 Å². The number of thiazole rings is 1. The number of nitrogens with zero attached hydrogens (tertiary/aromatic N) is 2. The minimum Gasteiger partial charge on any atom is -0.492 e. The van der Waals surface area contributed by atoms with Crippen LogP contribution in [0.1, 0.15) is 21.1 Å². The number of carbonyl (C=O) groups is 1. The molecule has 1 aromatic carbocycles. The Morgan fingerprint density at radius 2 is 2.29 bits per heavy atom. The highest BCUT2D eigenvalue weighted by Crippen LogP contribution is 2.13. The second-order valence-corrected chi connectivity index (χ2v) is 5.84. The molecular weight excluding hydrogens is 288 g/mol. The van der Waals surface area contributed by atoms with E-state index in [4.69, 9.17) is 9.84 Å². The first-order valence-electron chi connectivity index (χ1n) is 6.60. The minimum atomic E-state index is -0.948. The number of aryl methyl sites for hydroxylation is 1. The maximum absolute atomic E-state index is 10.9. The van der Waals surface area contributed by atoms with Crippen molar-refractivity contribution in [2.45, 2.75) is 13.5 Å². The van der Waals surface area contributed by atoms with Gasteiger partial charge in [-0.2, -0.15) is 0 Å². The lowest BCUT2D eigenvalue weighted by molar-refractivity contribution is 0.0696. The number of likely N-dealkylation sites (N-methyl/N-ethyl adjacent to an activating group) is 1. The molecule has 0 radical (unpaired) electrons. The summed E-state index contributed by atoms with van der Waals surface area (Å²) in [6, 6.07) is 6.52. The van der Waals surface area contributed by atoms with E-state index in [1.54, 1.807) is 29.5 Å². The third-order valence-electron chi connectivity index (χ3n) is 2.92. The van der Waals surface area contributed by atoms with Crippen LogP contribution in [-0.2, 0) is 6.54 Å². The first-order chi connectivity index (χ1) is 10.0. The summed E-state index contributed by atoms with van der Waals surface area (Å²) in [5.74, 6) is -0.371. The first kappa shape index (κ1) is 15.5. The van der Waals surface area contributed by atoms with Crippen LogP contribution in [-0.4, -0.2) is 41.2 Å². The second kappa shape index (κ2) is 7.19. The van der Waals surface area contributed by atoms with Crippen molar-refractivity contribution in [1.29, 1.82) is 0 Å². The van der Waals surface area contributed by atoms with E-state index in [9.17, 15) is 4.79 Å². The van der Waals surface area contributed by atoms with E-state index in [1.807, 2.05) is 14.0 Å². The summed E-state index contributed by atoms with van der Waals surface area (Å²) < 4.78 is 5.59. The molecule has 0 aliphatic carbocycles. The minimum absolute atomic E-state index is 0.235. The molecule has 0 amide bonds. The molecule has 1 heterocycles. The van der Waals surface area contributed by atoms with Gasteiger partial charge in [-0.25, -0.2) is 9.78 Å². The first-order valence-corrected chi connectivity index (χ1v) is 7.48. The van der Waals surface area contributed by atoms with Gasteiger partial charge >= 0.3 is 5.97 Å². The Morgan fingerprint density at radius 3 is 2.95 bits per heavy atom. The Balaban J connectivity index is 1.78. The largest absolute Gasteiger partial charge is 0.492 e. The summed E-state index contributed by atoms with van der Waals surface area (Å²) in [7, 11) is 2.01. The van der Waals surface area contributed by atoms with Crippen LogP contribution < -0.4 is 4.74 Å². The predicted molar refractivity (Wildman–Crippen MR) is 82.1 cm³/mol. The molecule has 0 aliphatic rings. The fraction of sp³-hybridized carbons (Fsp3) is 0.333.